The van der Waals surface area contributed by atoms with Crippen LogP contribution in [0.4, 0.5) is 0 Å². The second kappa shape index (κ2) is 5.49. The molecule has 1 heterocycles. The van der Waals surface area contributed by atoms with Gasteiger partial charge >= 0.3 is 0 Å². The summed E-state index contributed by atoms with van der Waals surface area (Å²) in [5.41, 5.74) is 0.866. The van der Waals surface area contributed by atoms with Crippen LogP contribution < -0.4 is 4.74 Å². The van der Waals surface area contributed by atoms with Crippen LogP contribution in [0.1, 0.15) is 26.3 Å². The molecule has 0 radical (unpaired) electrons. The minimum atomic E-state index is 0.123. The summed E-state index contributed by atoms with van der Waals surface area (Å²) in [5, 5.41) is 0. The first kappa shape index (κ1) is 11.7. The van der Waals surface area contributed by atoms with Gasteiger partial charge in [0.1, 0.15) is 5.78 Å². The molecule has 0 aliphatic carbocycles. The SMILES string of the molecule is CC(=O)Cc1cccnc1OCC(C)C. The van der Waals surface area contributed by atoms with Crippen molar-refractivity contribution in [2.45, 2.75) is 27.2 Å². The van der Waals surface area contributed by atoms with Crippen LogP contribution in [0.15, 0.2) is 18.3 Å². The molecule has 0 spiro atoms. The molecule has 3 heteroatoms. The van der Waals surface area contributed by atoms with E-state index >= 15 is 0 Å². The van der Waals surface area contributed by atoms with Crippen molar-refractivity contribution in [1.82, 2.24) is 4.98 Å². The molecule has 0 saturated carbocycles. The molecule has 15 heavy (non-hydrogen) atoms. The molecule has 1 aromatic heterocycles. The zero-order valence-electron chi connectivity index (χ0n) is 9.49. The first-order valence-electron chi connectivity index (χ1n) is 5.15. The molecule has 0 fully saturated rings. The van der Waals surface area contributed by atoms with E-state index in [1.807, 2.05) is 12.1 Å². The van der Waals surface area contributed by atoms with Gasteiger partial charge in [0.2, 0.25) is 5.88 Å². The minimum absolute atomic E-state index is 0.123. The lowest BCUT2D eigenvalue weighted by atomic mass is 10.1. The standard InChI is InChI=1S/C12H17NO2/c1-9(2)8-15-12-11(7-10(3)14)5-4-6-13-12/h4-6,9H,7-8H2,1-3H3. The number of aromatic nitrogens is 1. The third-order valence-electron chi connectivity index (χ3n) is 1.84. The smallest absolute Gasteiger partial charge is 0.216 e. The summed E-state index contributed by atoms with van der Waals surface area (Å²) in [6.45, 7) is 6.35. The number of carbonyl (C=O) groups excluding carboxylic acids is 1. The molecule has 0 aliphatic rings. The minimum Gasteiger partial charge on any atom is -0.477 e. The largest absolute Gasteiger partial charge is 0.477 e. The normalized spacial score (nSPS) is 10.4. The Labute approximate surface area is 90.5 Å². The summed E-state index contributed by atoms with van der Waals surface area (Å²) in [6, 6.07) is 3.70. The van der Waals surface area contributed by atoms with Crippen LogP contribution in [-0.2, 0) is 11.2 Å². The summed E-state index contributed by atoms with van der Waals surface area (Å²) in [4.78, 5) is 15.1. The van der Waals surface area contributed by atoms with Crippen LogP contribution in [0.3, 0.4) is 0 Å². The quantitative estimate of drug-likeness (QED) is 0.743. The number of nitrogens with zero attached hydrogens (tertiary/aromatic N) is 1. The van der Waals surface area contributed by atoms with Crippen LogP contribution >= 0.6 is 0 Å². The zero-order chi connectivity index (χ0) is 11.3. The van der Waals surface area contributed by atoms with Crippen molar-refractivity contribution in [2.24, 2.45) is 5.92 Å². The van der Waals surface area contributed by atoms with Gasteiger partial charge in [0.15, 0.2) is 0 Å². The summed E-state index contributed by atoms with van der Waals surface area (Å²) < 4.78 is 5.54. The maximum atomic E-state index is 11.0. The van der Waals surface area contributed by atoms with Gasteiger partial charge < -0.3 is 4.74 Å². The van der Waals surface area contributed by atoms with E-state index in [2.05, 4.69) is 18.8 Å². The first-order valence-corrected chi connectivity index (χ1v) is 5.15. The predicted molar refractivity (Wildman–Crippen MR) is 59.0 cm³/mol. The van der Waals surface area contributed by atoms with E-state index in [1.54, 1.807) is 13.1 Å². The lowest BCUT2D eigenvalue weighted by Gasteiger charge is -2.10. The highest BCUT2D eigenvalue weighted by Gasteiger charge is 2.07. The van der Waals surface area contributed by atoms with Crippen LogP contribution in [0.2, 0.25) is 0 Å². The molecular formula is C12H17NO2. The number of ketones is 1. The van der Waals surface area contributed by atoms with E-state index < -0.39 is 0 Å². The fourth-order valence-electron chi connectivity index (χ4n) is 1.20. The summed E-state index contributed by atoms with van der Waals surface area (Å²) in [5.74, 6) is 1.16. The molecule has 1 aromatic rings. The Morgan fingerprint density at radius 2 is 2.27 bits per heavy atom. The highest BCUT2D eigenvalue weighted by Crippen LogP contribution is 2.15. The number of ether oxygens (including phenoxy) is 1. The fraction of sp³-hybridized carbons (Fsp3) is 0.500. The number of carbonyl (C=O) groups is 1. The Morgan fingerprint density at radius 3 is 2.87 bits per heavy atom. The van der Waals surface area contributed by atoms with Gasteiger partial charge in [-0.2, -0.15) is 0 Å². The Kier molecular flexibility index (Phi) is 4.28. The molecule has 0 saturated heterocycles. The van der Waals surface area contributed by atoms with E-state index in [1.165, 1.54) is 0 Å². The average molecular weight is 207 g/mol. The molecule has 0 amide bonds. The van der Waals surface area contributed by atoms with Crippen LogP contribution in [0.25, 0.3) is 0 Å². The van der Waals surface area contributed by atoms with Crippen molar-refractivity contribution in [3.05, 3.63) is 23.9 Å². The zero-order valence-corrected chi connectivity index (χ0v) is 9.49. The van der Waals surface area contributed by atoms with Crippen molar-refractivity contribution in [3.63, 3.8) is 0 Å². The number of Topliss-reactive ketones (excluding diaryl/α,β-unsaturated/α-hetero) is 1. The number of pyridine rings is 1. The van der Waals surface area contributed by atoms with Crippen LogP contribution in [-0.4, -0.2) is 17.4 Å². The van der Waals surface area contributed by atoms with Crippen LogP contribution in [0, 0.1) is 5.92 Å². The molecule has 0 aliphatic heterocycles. The molecule has 82 valence electrons. The molecule has 3 nitrogen and oxygen atoms in total. The van der Waals surface area contributed by atoms with E-state index in [0.717, 1.165) is 5.56 Å². The van der Waals surface area contributed by atoms with Crippen molar-refractivity contribution in [1.29, 1.82) is 0 Å². The van der Waals surface area contributed by atoms with Crippen molar-refractivity contribution in [2.75, 3.05) is 6.61 Å². The summed E-state index contributed by atoms with van der Waals surface area (Å²) in [7, 11) is 0. The highest BCUT2D eigenvalue weighted by molar-refractivity contribution is 5.78. The van der Waals surface area contributed by atoms with Crippen molar-refractivity contribution in [3.8, 4) is 5.88 Å². The fourth-order valence-corrected chi connectivity index (χ4v) is 1.20. The Hall–Kier alpha value is -1.38. The van der Waals surface area contributed by atoms with Gasteiger partial charge in [0.25, 0.3) is 0 Å². The molecule has 0 unspecified atom stereocenters. The maximum absolute atomic E-state index is 11.0. The molecule has 0 bridgehead atoms. The number of hydrogen-bond donors (Lipinski definition) is 0. The van der Waals surface area contributed by atoms with E-state index in [0.29, 0.717) is 24.8 Å². The van der Waals surface area contributed by atoms with E-state index in [4.69, 9.17) is 4.74 Å². The molecule has 1 rings (SSSR count). The first-order chi connectivity index (χ1) is 7.09. The van der Waals surface area contributed by atoms with Gasteiger partial charge in [-0.3, -0.25) is 4.79 Å². The molecule has 0 atom stereocenters. The second-order valence-electron chi connectivity index (χ2n) is 4.05. The third-order valence-corrected chi connectivity index (χ3v) is 1.84. The van der Waals surface area contributed by atoms with Gasteiger partial charge in [0, 0.05) is 18.2 Å². The molecule has 0 N–H and O–H groups in total. The molecule has 0 aromatic carbocycles. The predicted octanol–water partition coefficient (Wildman–Crippen LogP) is 2.25. The summed E-state index contributed by atoms with van der Waals surface area (Å²) in [6.07, 6.45) is 2.07. The average Bonchev–Trinajstić information content (AvgIpc) is 2.15. The monoisotopic (exact) mass is 207 g/mol. The number of rotatable bonds is 5. The van der Waals surface area contributed by atoms with E-state index in [-0.39, 0.29) is 5.78 Å². The van der Waals surface area contributed by atoms with Crippen LogP contribution in [0.5, 0.6) is 5.88 Å². The Bertz CT molecular complexity index is 334. The lowest BCUT2D eigenvalue weighted by Crippen LogP contribution is -2.08. The Morgan fingerprint density at radius 1 is 1.53 bits per heavy atom. The van der Waals surface area contributed by atoms with Gasteiger partial charge in [-0.25, -0.2) is 4.98 Å². The second-order valence-corrected chi connectivity index (χ2v) is 4.05. The number of hydrogen-bond acceptors (Lipinski definition) is 3. The van der Waals surface area contributed by atoms with Gasteiger partial charge in [0.05, 0.1) is 6.61 Å². The van der Waals surface area contributed by atoms with Gasteiger partial charge in [-0.15, -0.1) is 0 Å². The summed E-state index contributed by atoms with van der Waals surface area (Å²) >= 11 is 0. The third kappa shape index (κ3) is 4.11. The van der Waals surface area contributed by atoms with E-state index in [9.17, 15) is 4.79 Å². The van der Waals surface area contributed by atoms with Gasteiger partial charge in [-0.1, -0.05) is 19.9 Å². The highest BCUT2D eigenvalue weighted by atomic mass is 16.5. The van der Waals surface area contributed by atoms with Gasteiger partial charge in [-0.05, 0) is 18.9 Å². The Balaban J connectivity index is 2.72. The molecular weight excluding hydrogens is 190 g/mol. The maximum Gasteiger partial charge on any atom is 0.216 e. The topological polar surface area (TPSA) is 39.2 Å². The van der Waals surface area contributed by atoms with Crippen molar-refractivity contribution < 1.29 is 9.53 Å². The lowest BCUT2D eigenvalue weighted by molar-refractivity contribution is -0.116. The van der Waals surface area contributed by atoms with Crippen molar-refractivity contribution >= 4 is 5.78 Å².